The molecule has 0 aliphatic rings. The molecule has 1 heterocycles. The molecule has 0 fully saturated rings. The Morgan fingerprint density at radius 2 is 2.05 bits per heavy atom. The Hall–Kier alpha value is -0.520. The number of hydrogen-bond donors (Lipinski definition) is 0. The van der Waals surface area contributed by atoms with Crippen molar-refractivity contribution in [3.8, 4) is 5.75 Å². The monoisotopic (exact) mass is 420 g/mol. The Kier molecular flexibility index (Phi) is 5.52. The average molecular weight is 423 g/mol. The van der Waals surface area contributed by atoms with E-state index in [4.69, 9.17) is 16.3 Å². The van der Waals surface area contributed by atoms with E-state index in [1.807, 2.05) is 22.9 Å². The standard InChI is InChI=1S/C14H15Br2ClN2O/c1-3-11-14(16)12(19(4-2)18-11)8-20-13-6-5-9(15)7-10(13)17/h5-7H,3-4,8H2,1-2H3. The summed E-state index contributed by atoms with van der Waals surface area (Å²) >= 11 is 13.1. The maximum atomic E-state index is 6.15. The van der Waals surface area contributed by atoms with E-state index < -0.39 is 0 Å². The number of aromatic nitrogens is 2. The van der Waals surface area contributed by atoms with Crippen molar-refractivity contribution in [3.05, 3.63) is 43.6 Å². The molecule has 0 saturated heterocycles. The SMILES string of the molecule is CCc1nn(CC)c(COc2ccc(Br)cc2Cl)c1Br. The summed E-state index contributed by atoms with van der Waals surface area (Å²) < 4.78 is 9.73. The van der Waals surface area contributed by atoms with Gasteiger partial charge in [0.25, 0.3) is 0 Å². The Balaban J connectivity index is 2.20. The number of halogens is 3. The highest BCUT2D eigenvalue weighted by Gasteiger charge is 2.14. The van der Waals surface area contributed by atoms with Crippen LogP contribution in [0.15, 0.2) is 27.1 Å². The summed E-state index contributed by atoms with van der Waals surface area (Å²) in [5, 5.41) is 5.14. The highest BCUT2D eigenvalue weighted by molar-refractivity contribution is 9.10. The van der Waals surface area contributed by atoms with Crippen molar-refractivity contribution in [2.45, 2.75) is 33.4 Å². The number of ether oxygens (including phenoxy) is 1. The van der Waals surface area contributed by atoms with E-state index >= 15 is 0 Å². The van der Waals surface area contributed by atoms with E-state index in [0.29, 0.717) is 17.4 Å². The van der Waals surface area contributed by atoms with Gasteiger partial charge in [0.05, 0.1) is 20.9 Å². The van der Waals surface area contributed by atoms with Crippen molar-refractivity contribution in [1.29, 1.82) is 0 Å². The smallest absolute Gasteiger partial charge is 0.138 e. The Labute approximate surface area is 140 Å². The van der Waals surface area contributed by atoms with Crippen LogP contribution in [0.25, 0.3) is 0 Å². The van der Waals surface area contributed by atoms with Crippen LogP contribution in [0.2, 0.25) is 5.02 Å². The Bertz CT molecular complexity index is 613. The molecule has 0 aliphatic heterocycles. The maximum Gasteiger partial charge on any atom is 0.138 e. The summed E-state index contributed by atoms with van der Waals surface area (Å²) in [4.78, 5) is 0. The molecule has 0 amide bonds. The molecule has 2 rings (SSSR count). The molecule has 1 aromatic heterocycles. The van der Waals surface area contributed by atoms with Crippen LogP contribution in [0.4, 0.5) is 0 Å². The van der Waals surface area contributed by atoms with Gasteiger partial charge in [0, 0.05) is 11.0 Å². The number of benzene rings is 1. The van der Waals surface area contributed by atoms with Gasteiger partial charge in [0.15, 0.2) is 0 Å². The summed E-state index contributed by atoms with van der Waals surface area (Å²) in [6.45, 7) is 5.40. The molecule has 0 N–H and O–H groups in total. The second-order valence-corrected chi connectivity index (χ2v) is 6.36. The zero-order chi connectivity index (χ0) is 14.7. The largest absolute Gasteiger partial charge is 0.486 e. The van der Waals surface area contributed by atoms with Crippen LogP contribution in [-0.2, 0) is 19.6 Å². The fraction of sp³-hybridized carbons (Fsp3) is 0.357. The van der Waals surface area contributed by atoms with Crippen molar-refractivity contribution in [3.63, 3.8) is 0 Å². The van der Waals surface area contributed by atoms with Gasteiger partial charge >= 0.3 is 0 Å². The van der Waals surface area contributed by atoms with Crippen molar-refractivity contribution < 1.29 is 4.74 Å². The highest BCUT2D eigenvalue weighted by atomic mass is 79.9. The minimum absolute atomic E-state index is 0.433. The first kappa shape index (κ1) is 15.9. The van der Waals surface area contributed by atoms with Gasteiger partial charge in [-0.25, -0.2) is 0 Å². The number of rotatable bonds is 5. The summed E-state index contributed by atoms with van der Waals surface area (Å²) in [5.74, 6) is 0.670. The molecule has 108 valence electrons. The van der Waals surface area contributed by atoms with Gasteiger partial charge in [0.1, 0.15) is 12.4 Å². The molecule has 0 saturated carbocycles. The van der Waals surface area contributed by atoms with Crippen molar-refractivity contribution in [2.75, 3.05) is 0 Å². The van der Waals surface area contributed by atoms with E-state index in [1.54, 1.807) is 0 Å². The van der Waals surface area contributed by atoms with Gasteiger partial charge in [-0.2, -0.15) is 5.10 Å². The molecule has 0 aliphatic carbocycles. The molecule has 0 radical (unpaired) electrons. The molecule has 2 aromatic rings. The quantitative estimate of drug-likeness (QED) is 0.660. The second kappa shape index (κ2) is 6.96. The third kappa shape index (κ3) is 3.38. The van der Waals surface area contributed by atoms with Gasteiger partial charge in [-0.1, -0.05) is 34.5 Å². The number of hydrogen-bond acceptors (Lipinski definition) is 2. The zero-order valence-electron chi connectivity index (χ0n) is 11.3. The lowest BCUT2D eigenvalue weighted by Gasteiger charge is -2.10. The van der Waals surface area contributed by atoms with Gasteiger partial charge in [0.2, 0.25) is 0 Å². The topological polar surface area (TPSA) is 27.1 Å². The molecule has 6 heteroatoms. The first-order chi connectivity index (χ1) is 9.56. The van der Waals surface area contributed by atoms with Gasteiger partial charge in [-0.05, 0) is 47.5 Å². The van der Waals surface area contributed by atoms with Crippen LogP contribution < -0.4 is 4.74 Å². The summed E-state index contributed by atoms with van der Waals surface area (Å²) in [6, 6.07) is 5.58. The molecule has 3 nitrogen and oxygen atoms in total. The van der Waals surface area contributed by atoms with Crippen molar-refractivity contribution in [1.82, 2.24) is 9.78 Å². The second-order valence-electron chi connectivity index (χ2n) is 4.24. The van der Waals surface area contributed by atoms with Gasteiger partial charge in [-0.3, -0.25) is 4.68 Å². The molecule has 20 heavy (non-hydrogen) atoms. The third-order valence-corrected chi connectivity index (χ3v) is 4.66. The summed E-state index contributed by atoms with van der Waals surface area (Å²) in [7, 11) is 0. The Morgan fingerprint density at radius 3 is 2.65 bits per heavy atom. The first-order valence-corrected chi connectivity index (χ1v) is 8.35. The Morgan fingerprint density at radius 1 is 1.30 bits per heavy atom. The van der Waals surface area contributed by atoms with Crippen molar-refractivity contribution in [2.24, 2.45) is 0 Å². The predicted molar refractivity (Wildman–Crippen MR) is 88.5 cm³/mol. The van der Waals surface area contributed by atoms with E-state index in [2.05, 4.69) is 50.8 Å². The van der Waals surface area contributed by atoms with Crippen LogP contribution in [0.5, 0.6) is 5.75 Å². The zero-order valence-corrected chi connectivity index (χ0v) is 15.2. The molecule has 0 unspecified atom stereocenters. The van der Waals surface area contributed by atoms with Crippen LogP contribution in [0, 0.1) is 0 Å². The molecular weight excluding hydrogens is 407 g/mol. The number of nitrogens with zero attached hydrogens (tertiary/aromatic N) is 2. The lowest BCUT2D eigenvalue weighted by atomic mass is 10.3. The first-order valence-electron chi connectivity index (χ1n) is 6.38. The average Bonchev–Trinajstić information content (AvgIpc) is 2.74. The van der Waals surface area contributed by atoms with Crippen LogP contribution in [0.3, 0.4) is 0 Å². The van der Waals surface area contributed by atoms with Gasteiger partial charge in [-0.15, -0.1) is 0 Å². The van der Waals surface area contributed by atoms with E-state index in [-0.39, 0.29) is 0 Å². The van der Waals surface area contributed by atoms with Crippen LogP contribution >= 0.6 is 43.5 Å². The van der Waals surface area contributed by atoms with Crippen molar-refractivity contribution >= 4 is 43.5 Å². The molecule has 0 atom stereocenters. The van der Waals surface area contributed by atoms with E-state index in [0.717, 1.165) is 33.3 Å². The normalized spacial score (nSPS) is 10.8. The molecular formula is C14H15Br2ClN2O. The third-order valence-electron chi connectivity index (χ3n) is 2.95. The lowest BCUT2D eigenvalue weighted by Crippen LogP contribution is -2.06. The number of aryl methyl sites for hydroxylation is 2. The minimum atomic E-state index is 0.433. The fourth-order valence-corrected chi connectivity index (χ4v) is 3.30. The maximum absolute atomic E-state index is 6.15. The van der Waals surface area contributed by atoms with Crippen LogP contribution in [0.1, 0.15) is 25.2 Å². The fourth-order valence-electron chi connectivity index (χ4n) is 1.89. The van der Waals surface area contributed by atoms with Crippen LogP contribution in [-0.4, -0.2) is 9.78 Å². The lowest BCUT2D eigenvalue weighted by molar-refractivity contribution is 0.292. The summed E-state index contributed by atoms with van der Waals surface area (Å²) in [6.07, 6.45) is 0.889. The molecule has 0 bridgehead atoms. The van der Waals surface area contributed by atoms with Gasteiger partial charge < -0.3 is 4.74 Å². The molecule has 1 aromatic carbocycles. The summed E-state index contributed by atoms with van der Waals surface area (Å²) in [5.41, 5.74) is 2.08. The van der Waals surface area contributed by atoms with E-state index in [1.165, 1.54) is 0 Å². The minimum Gasteiger partial charge on any atom is -0.486 e. The highest BCUT2D eigenvalue weighted by Crippen LogP contribution is 2.30. The molecule has 0 spiro atoms. The van der Waals surface area contributed by atoms with E-state index in [9.17, 15) is 0 Å². The predicted octanol–water partition coefficient (Wildman–Crippen LogP) is 5.22.